The average Bonchev–Trinajstić information content (AvgIpc) is 3.41. The summed E-state index contributed by atoms with van der Waals surface area (Å²) in [6.45, 7) is 2.71. The molecule has 8 rings (SSSR count). The topological polar surface area (TPSA) is 86.7 Å². The first-order valence-corrected chi connectivity index (χ1v) is 10.3. The fraction of sp³-hybridized carbons (Fsp3) is 0.636. The van der Waals surface area contributed by atoms with E-state index in [1.54, 1.807) is 0 Å². The standard InChI is InChI=1S/C22H20O6/c1-5(23)27-9-3-7-11-15-16-12-8-4-10(28-6(2)24)22(26)14(8)20(16)17(11)18(12)19(15)13(7)21(9)25/h9-12,15-20H,3-4H2,1-2H3/t9-,10-,11?,12?,15-,16+,17+,18+,19?,20?/m1/s1. The van der Waals surface area contributed by atoms with Gasteiger partial charge in [0.2, 0.25) is 0 Å². The molecular weight excluding hydrogens is 360 g/mol. The van der Waals surface area contributed by atoms with Crippen molar-refractivity contribution in [3.63, 3.8) is 0 Å². The average molecular weight is 380 g/mol. The lowest BCUT2D eigenvalue weighted by Crippen LogP contribution is -2.33. The van der Waals surface area contributed by atoms with E-state index in [0.29, 0.717) is 60.2 Å². The summed E-state index contributed by atoms with van der Waals surface area (Å²) in [6, 6.07) is 0. The second-order valence-electron chi connectivity index (χ2n) is 9.62. The summed E-state index contributed by atoms with van der Waals surface area (Å²) >= 11 is 0. The summed E-state index contributed by atoms with van der Waals surface area (Å²) in [5.74, 6) is 2.48. The first-order valence-electron chi connectivity index (χ1n) is 10.3. The molecule has 0 spiro atoms. The van der Waals surface area contributed by atoms with Gasteiger partial charge in [-0.3, -0.25) is 19.2 Å². The number of hydrogen-bond acceptors (Lipinski definition) is 6. The molecule has 6 nitrogen and oxygen atoms in total. The van der Waals surface area contributed by atoms with Crippen molar-refractivity contribution in [1.82, 2.24) is 0 Å². The van der Waals surface area contributed by atoms with E-state index in [9.17, 15) is 19.2 Å². The minimum absolute atomic E-state index is 0.0269. The summed E-state index contributed by atoms with van der Waals surface area (Å²) in [4.78, 5) is 48.7. The smallest absolute Gasteiger partial charge is 0.303 e. The van der Waals surface area contributed by atoms with Crippen molar-refractivity contribution in [2.75, 3.05) is 0 Å². The predicted octanol–water partition coefficient (Wildman–Crippen LogP) is 1.39. The summed E-state index contributed by atoms with van der Waals surface area (Å²) in [5.41, 5.74) is 4.39. The Hall–Kier alpha value is -2.24. The van der Waals surface area contributed by atoms with Crippen LogP contribution in [0.15, 0.2) is 22.3 Å². The van der Waals surface area contributed by atoms with Crippen LogP contribution in [-0.2, 0) is 28.7 Å². The van der Waals surface area contributed by atoms with Gasteiger partial charge in [0.25, 0.3) is 0 Å². The van der Waals surface area contributed by atoms with Gasteiger partial charge in [0.05, 0.1) is 0 Å². The van der Waals surface area contributed by atoms with Gasteiger partial charge < -0.3 is 9.47 Å². The van der Waals surface area contributed by atoms with Crippen LogP contribution in [0.1, 0.15) is 26.7 Å². The highest BCUT2D eigenvalue weighted by Crippen LogP contribution is 2.85. The molecule has 0 amide bonds. The van der Waals surface area contributed by atoms with Crippen LogP contribution < -0.4 is 0 Å². The van der Waals surface area contributed by atoms with Crippen LogP contribution in [0.3, 0.4) is 0 Å². The number of Topliss-reactive ketones (excluding diaryl/α,β-unsaturated/α-hetero) is 2. The third-order valence-corrected chi connectivity index (χ3v) is 8.91. The molecule has 0 aromatic carbocycles. The largest absolute Gasteiger partial charge is 0.454 e. The Balaban J connectivity index is 1.23. The lowest BCUT2D eigenvalue weighted by molar-refractivity contribution is -0.151. The van der Waals surface area contributed by atoms with Crippen LogP contribution in [0.2, 0.25) is 0 Å². The number of carbonyl (C=O) groups is 4. The van der Waals surface area contributed by atoms with Crippen LogP contribution in [0, 0.1) is 47.3 Å². The van der Waals surface area contributed by atoms with Gasteiger partial charge in [-0.15, -0.1) is 0 Å². The zero-order valence-corrected chi connectivity index (χ0v) is 15.6. The number of ether oxygens (including phenoxy) is 2. The molecule has 6 heteroatoms. The molecule has 0 aliphatic heterocycles. The van der Waals surface area contributed by atoms with Gasteiger partial charge in [-0.05, 0) is 47.3 Å². The van der Waals surface area contributed by atoms with Crippen LogP contribution in [0.4, 0.5) is 0 Å². The molecule has 0 heterocycles. The second kappa shape index (κ2) is 4.50. The van der Waals surface area contributed by atoms with Gasteiger partial charge in [-0.1, -0.05) is 11.1 Å². The molecule has 0 saturated heterocycles. The molecule has 8 bridgehead atoms. The number of carbonyl (C=O) groups excluding carboxylic acids is 4. The van der Waals surface area contributed by atoms with Crippen molar-refractivity contribution in [2.24, 2.45) is 47.3 Å². The fourth-order valence-corrected chi connectivity index (χ4v) is 8.98. The minimum Gasteiger partial charge on any atom is -0.454 e. The maximum Gasteiger partial charge on any atom is 0.303 e. The van der Waals surface area contributed by atoms with E-state index >= 15 is 0 Å². The van der Waals surface area contributed by atoms with Crippen molar-refractivity contribution < 1.29 is 28.7 Å². The second-order valence-corrected chi connectivity index (χ2v) is 9.62. The predicted molar refractivity (Wildman–Crippen MR) is 92.3 cm³/mol. The van der Waals surface area contributed by atoms with Crippen LogP contribution in [0.5, 0.6) is 0 Å². The zero-order chi connectivity index (χ0) is 19.2. The molecule has 144 valence electrons. The van der Waals surface area contributed by atoms with Crippen molar-refractivity contribution in [2.45, 2.75) is 38.9 Å². The molecule has 4 unspecified atom stereocenters. The molecule has 0 radical (unpaired) electrons. The quantitative estimate of drug-likeness (QED) is 0.673. The maximum atomic E-state index is 13.0. The first kappa shape index (κ1) is 15.7. The molecule has 0 N–H and O–H groups in total. The van der Waals surface area contributed by atoms with Gasteiger partial charge in [-0.2, -0.15) is 0 Å². The van der Waals surface area contributed by atoms with Gasteiger partial charge >= 0.3 is 11.9 Å². The zero-order valence-electron chi connectivity index (χ0n) is 15.6. The van der Waals surface area contributed by atoms with E-state index in [1.807, 2.05) is 0 Å². The van der Waals surface area contributed by atoms with Crippen molar-refractivity contribution in [1.29, 1.82) is 0 Å². The fourth-order valence-electron chi connectivity index (χ4n) is 8.98. The van der Waals surface area contributed by atoms with Gasteiger partial charge in [0, 0.05) is 37.8 Å². The van der Waals surface area contributed by atoms with Gasteiger partial charge in [0.15, 0.2) is 23.8 Å². The van der Waals surface area contributed by atoms with Crippen LogP contribution in [0.25, 0.3) is 0 Å². The Morgan fingerprint density at radius 1 is 0.679 bits per heavy atom. The van der Waals surface area contributed by atoms with E-state index in [1.165, 1.54) is 25.0 Å². The van der Waals surface area contributed by atoms with E-state index in [-0.39, 0.29) is 11.6 Å². The van der Waals surface area contributed by atoms with Crippen LogP contribution in [-0.4, -0.2) is 35.7 Å². The van der Waals surface area contributed by atoms with E-state index < -0.39 is 24.1 Å². The Kier molecular flexibility index (Phi) is 2.51. The Bertz CT molecular complexity index is 920. The summed E-state index contributed by atoms with van der Waals surface area (Å²) in [7, 11) is 0. The summed E-state index contributed by atoms with van der Waals surface area (Å²) < 4.78 is 10.6. The van der Waals surface area contributed by atoms with Crippen LogP contribution >= 0.6 is 0 Å². The third kappa shape index (κ3) is 1.40. The molecular formula is C22H20O6. The Morgan fingerprint density at radius 2 is 1.04 bits per heavy atom. The lowest BCUT2D eigenvalue weighted by atomic mass is 9.68. The Morgan fingerprint density at radius 3 is 1.36 bits per heavy atom. The molecule has 4 saturated carbocycles. The van der Waals surface area contributed by atoms with Gasteiger partial charge in [-0.25, -0.2) is 0 Å². The molecule has 8 aliphatic carbocycles. The van der Waals surface area contributed by atoms with Crippen molar-refractivity contribution >= 4 is 23.5 Å². The molecule has 8 aliphatic rings. The molecule has 0 aromatic rings. The summed E-state index contributed by atoms with van der Waals surface area (Å²) in [5, 5.41) is 0. The SMILES string of the molecule is CC(=O)O[C@@H]1CC2=C(C1=O)C1[C@H]3C4C5=C(C(=O)[C@H](OC(C)=O)C5)C5[C@H]3C2[C@H]1[C@@H]45. The number of rotatable bonds is 2. The molecule has 0 aromatic heterocycles. The normalized spacial score (nSPS) is 50.4. The minimum atomic E-state index is -0.630. The summed E-state index contributed by atoms with van der Waals surface area (Å²) in [6.07, 6.45) is -0.159. The van der Waals surface area contributed by atoms with E-state index in [4.69, 9.17) is 9.47 Å². The monoisotopic (exact) mass is 380 g/mol. The van der Waals surface area contributed by atoms with Crippen molar-refractivity contribution in [3.05, 3.63) is 22.3 Å². The number of hydrogen-bond donors (Lipinski definition) is 0. The first-order chi connectivity index (χ1) is 13.4. The molecule has 4 fully saturated rings. The third-order valence-electron chi connectivity index (χ3n) is 8.91. The van der Waals surface area contributed by atoms with Crippen molar-refractivity contribution in [3.8, 4) is 0 Å². The molecule has 28 heavy (non-hydrogen) atoms. The molecule has 10 atom stereocenters. The number of ketones is 2. The van der Waals surface area contributed by atoms with E-state index in [2.05, 4.69) is 0 Å². The maximum absolute atomic E-state index is 13.0. The lowest BCUT2D eigenvalue weighted by Gasteiger charge is -2.35. The Labute approximate surface area is 161 Å². The number of esters is 2. The van der Waals surface area contributed by atoms with E-state index in [0.717, 1.165) is 11.1 Å². The highest BCUT2D eigenvalue weighted by molar-refractivity contribution is 6.07. The van der Waals surface area contributed by atoms with Gasteiger partial charge in [0.1, 0.15) is 0 Å². The highest BCUT2D eigenvalue weighted by atomic mass is 16.5. The highest BCUT2D eigenvalue weighted by Gasteiger charge is 2.83.